The molecule has 0 fully saturated rings. The van der Waals surface area contributed by atoms with Crippen molar-refractivity contribution in [2.75, 3.05) is 7.11 Å². The first-order chi connectivity index (χ1) is 9.20. The highest BCUT2D eigenvalue weighted by molar-refractivity contribution is 6.00. The van der Waals surface area contributed by atoms with Crippen LogP contribution in [0.2, 0.25) is 0 Å². The molecule has 3 rings (SSSR count). The number of carboxylic acids is 1. The zero-order chi connectivity index (χ0) is 13.4. The molecule has 0 aliphatic carbocycles. The van der Waals surface area contributed by atoms with Crippen molar-refractivity contribution >= 4 is 16.9 Å². The van der Waals surface area contributed by atoms with E-state index in [0.29, 0.717) is 22.4 Å². The number of fused-ring (bicyclic) bond motifs is 1. The summed E-state index contributed by atoms with van der Waals surface area (Å²) in [4.78, 5) is 11.3. The van der Waals surface area contributed by atoms with Gasteiger partial charge in [-0.3, -0.25) is 0 Å². The summed E-state index contributed by atoms with van der Waals surface area (Å²) in [6.07, 6.45) is 3.55. The van der Waals surface area contributed by atoms with Gasteiger partial charge >= 0.3 is 5.97 Å². The highest BCUT2D eigenvalue weighted by atomic mass is 16.5. The largest absolute Gasteiger partial charge is 0.497 e. The Balaban J connectivity index is 2.37. The second-order valence-corrected chi connectivity index (χ2v) is 4.04. The summed E-state index contributed by atoms with van der Waals surface area (Å²) in [6, 6.07) is 8.85. The van der Waals surface area contributed by atoms with Gasteiger partial charge in [-0.25, -0.2) is 4.79 Å². The number of hydrogen-bond acceptors (Lipinski definition) is 3. The molecule has 0 saturated carbocycles. The number of carbonyl (C=O) groups is 1. The summed E-state index contributed by atoms with van der Waals surface area (Å²) in [5.74, 6) is -0.531. The smallest absolute Gasteiger partial charge is 0.374 e. The van der Waals surface area contributed by atoms with E-state index in [0.717, 1.165) is 0 Å². The monoisotopic (exact) mass is 257 g/mol. The Morgan fingerprint density at radius 2 is 2.05 bits per heavy atom. The first kappa shape index (κ1) is 11.4. The van der Waals surface area contributed by atoms with Crippen LogP contribution in [0, 0.1) is 0 Å². The molecule has 0 aliphatic rings. The molecule has 0 amide bonds. The van der Waals surface area contributed by atoms with Gasteiger partial charge in [0.2, 0.25) is 5.76 Å². The highest BCUT2D eigenvalue weighted by Gasteiger charge is 2.21. The molecule has 96 valence electrons. The second-order valence-electron chi connectivity index (χ2n) is 4.04. The van der Waals surface area contributed by atoms with Gasteiger partial charge in [0.15, 0.2) is 0 Å². The van der Waals surface area contributed by atoms with Gasteiger partial charge in [0, 0.05) is 17.8 Å². The van der Waals surface area contributed by atoms with E-state index in [1.807, 2.05) is 12.1 Å². The molecule has 0 aliphatic heterocycles. The Morgan fingerprint density at radius 1 is 1.32 bits per heavy atom. The van der Waals surface area contributed by atoms with E-state index in [2.05, 4.69) is 0 Å². The molecular formula is C14H11NO4. The molecule has 1 aromatic carbocycles. The number of carboxylic acid groups (broad SMARTS) is 1. The predicted molar refractivity (Wildman–Crippen MR) is 69.1 cm³/mol. The number of methoxy groups -OCH3 is 1. The number of rotatable bonds is 3. The standard InChI is InChI=1S/C14H11NO4/c1-18-9-4-5-11-10(8-9)12(13(19-11)14(16)17)15-6-2-3-7-15/h2-8H,1H3,(H,16,17). The van der Waals surface area contributed by atoms with Crippen molar-refractivity contribution in [3.05, 3.63) is 48.5 Å². The number of nitrogens with zero attached hydrogens (tertiary/aromatic N) is 1. The average molecular weight is 257 g/mol. The number of ether oxygens (including phenoxy) is 1. The van der Waals surface area contributed by atoms with Crippen LogP contribution in [0.15, 0.2) is 47.1 Å². The van der Waals surface area contributed by atoms with Crippen molar-refractivity contribution < 1.29 is 19.1 Å². The molecule has 5 heteroatoms. The summed E-state index contributed by atoms with van der Waals surface area (Å²) in [7, 11) is 1.56. The van der Waals surface area contributed by atoms with Crippen LogP contribution in [0.1, 0.15) is 10.6 Å². The Hall–Kier alpha value is -2.69. The van der Waals surface area contributed by atoms with Gasteiger partial charge < -0.3 is 18.8 Å². The molecular weight excluding hydrogens is 246 g/mol. The van der Waals surface area contributed by atoms with E-state index < -0.39 is 5.97 Å². The van der Waals surface area contributed by atoms with Gasteiger partial charge in [0.25, 0.3) is 0 Å². The van der Waals surface area contributed by atoms with Crippen molar-refractivity contribution in [3.8, 4) is 11.4 Å². The van der Waals surface area contributed by atoms with E-state index in [4.69, 9.17) is 9.15 Å². The SMILES string of the molecule is COc1ccc2oc(C(=O)O)c(-n3cccc3)c2c1. The first-order valence-electron chi connectivity index (χ1n) is 5.68. The highest BCUT2D eigenvalue weighted by Crippen LogP contribution is 2.32. The lowest BCUT2D eigenvalue weighted by atomic mass is 10.2. The second kappa shape index (κ2) is 4.20. The maximum Gasteiger partial charge on any atom is 0.374 e. The van der Waals surface area contributed by atoms with Gasteiger partial charge in [0.1, 0.15) is 17.0 Å². The van der Waals surface area contributed by atoms with Crippen molar-refractivity contribution in [1.29, 1.82) is 0 Å². The Bertz CT molecular complexity index is 740. The van der Waals surface area contributed by atoms with Crippen LogP contribution in [0.25, 0.3) is 16.7 Å². The van der Waals surface area contributed by atoms with E-state index >= 15 is 0 Å². The molecule has 1 N–H and O–H groups in total. The zero-order valence-corrected chi connectivity index (χ0v) is 10.2. The predicted octanol–water partition coefficient (Wildman–Crippen LogP) is 2.93. The molecule has 0 atom stereocenters. The fourth-order valence-corrected chi connectivity index (χ4v) is 2.08. The average Bonchev–Trinajstić information content (AvgIpc) is 3.04. The normalized spacial score (nSPS) is 10.8. The van der Waals surface area contributed by atoms with Crippen LogP contribution in [0.4, 0.5) is 0 Å². The van der Waals surface area contributed by atoms with E-state index in [9.17, 15) is 9.90 Å². The fraction of sp³-hybridized carbons (Fsp3) is 0.0714. The van der Waals surface area contributed by atoms with Gasteiger partial charge in [-0.1, -0.05) is 0 Å². The van der Waals surface area contributed by atoms with E-state index in [-0.39, 0.29) is 5.76 Å². The fourth-order valence-electron chi connectivity index (χ4n) is 2.08. The summed E-state index contributed by atoms with van der Waals surface area (Å²) >= 11 is 0. The Morgan fingerprint density at radius 3 is 2.68 bits per heavy atom. The lowest BCUT2D eigenvalue weighted by molar-refractivity contribution is 0.0665. The van der Waals surface area contributed by atoms with Gasteiger partial charge in [0.05, 0.1) is 7.11 Å². The molecule has 19 heavy (non-hydrogen) atoms. The Labute approximate surface area is 108 Å². The third kappa shape index (κ3) is 1.76. The van der Waals surface area contributed by atoms with Crippen molar-refractivity contribution in [3.63, 3.8) is 0 Å². The van der Waals surface area contributed by atoms with Crippen LogP contribution >= 0.6 is 0 Å². The summed E-state index contributed by atoms with van der Waals surface area (Å²) in [5, 5.41) is 9.96. The first-order valence-corrected chi connectivity index (χ1v) is 5.68. The van der Waals surface area contributed by atoms with Crippen molar-refractivity contribution in [2.45, 2.75) is 0 Å². The zero-order valence-electron chi connectivity index (χ0n) is 10.2. The minimum absolute atomic E-state index is 0.0838. The van der Waals surface area contributed by atoms with Gasteiger partial charge in [-0.15, -0.1) is 0 Å². The van der Waals surface area contributed by atoms with Crippen LogP contribution in [0.5, 0.6) is 5.75 Å². The summed E-state index contributed by atoms with van der Waals surface area (Å²) in [6.45, 7) is 0. The molecule has 3 aromatic rings. The third-order valence-corrected chi connectivity index (χ3v) is 2.93. The van der Waals surface area contributed by atoms with E-state index in [1.165, 1.54) is 0 Å². The number of benzene rings is 1. The maximum atomic E-state index is 11.3. The lowest BCUT2D eigenvalue weighted by Gasteiger charge is -2.02. The Kier molecular flexibility index (Phi) is 2.52. The number of furan rings is 1. The van der Waals surface area contributed by atoms with E-state index in [1.54, 1.807) is 42.3 Å². The molecule has 2 aromatic heterocycles. The molecule has 0 radical (unpaired) electrons. The minimum atomic E-state index is -1.10. The van der Waals surface area contributed by atoms with Crippen LogP contribution in [-0.4, -0.2) is 22.8 Å². The topological polar surface area (TPSA) is 64.6 Å². The van der Waals surface area contributed by atoms with Crippen LogP contribution in [-0.2, 0) is 0 Å². The van der Waals surface area contributed by atoms with Crippen LogP contribution < -0.4 is 4.74 Å². The van der Waals surface area contributed by atoms with Crippen molar-refractivity contribution in [1.82, 2.24) is 4.57 Å². The number of aromatic carboxylic acids is 1. The third-order valence-electron chi connectivity index (χ3n) is 2.93. The van der Waals surface area contributed by atoms with Gasteiger partial charge in [-0.05, 0) is 30.3 Å². The maximum absolute atomic E-state index is 11.3. The number of aromatic nitrogens is 1. The molecule has 0 saturated heterocycles. The number of hydrogen-bond donors (Lipinski definition) is 1. The molecule has 0 spiro atoms. The molecule has 0 bridgehead atoms. The quantitative estimate of drug-likeness (QED) is 0.783. The van der Waals surface area contributed by atoms with Crippen molar-refractivity contribution in [2.24, 2.45) is 0 Å². The molecule has 2 heterocycles. The summed E-state index contributed by atoms with van der Waals surface area (Å²) in [5.41, 5.74) is 1.02. The lowest BCUT2D eigenvalue weighted by Crippen LogP contribution is -2.00. The minimum Gasteiger partial charge on any atom is -0.497 e. The molecule has 5 nitrogen and oxygen atoms in total. The summed E-state index contributed by atoms with van der Waals surface area (Å²) < 4.78 is 12.3. The van der Waals surface area contributed by atoms with Crippen LogP contribution in [0.3, 0.4) is 0 Å². The molecule has 0 unspecified atom stereocenters. The van der Waals surface area contributed by atoms with Gasteiger partial charge in [-0.2, -0.15) is 0 Å².